The lowest BCUT2D eigenvalue weighted by molar-refractivity contribution is -0.430. The van der Waals surface area contributed by atoms with E-state index in [2.05, 4.69) is 9.47 Å². The van der Waals surface area contributed by atoms with Gasteiger partial charge in [-0.3, -0.25) is 4.55 Å². The lowest BCUT2D eigenvalue weighted by atomic mass is 9.96. The van der Waals surface area contributed by atoms with Crippen LogP contribution in [0.4, 0.5) is 61.5 Å². The Kier molecular flexibility index (Phi) is 7.83. The van der Waals surface area contributed by atoms with Crippen LogP contribution in [0, 0.1) is 0 Å². The SMILES string of the molecule is O=S(=O)(O)C1(COC(F)(C(F)(F)F)C(F)(F)F)C=CC(COC(F)(C(F)(F)F)C(F)(F)F)=CC1. The number of hydrogen-bond acceptors (Lipinski definition) is 4. The van der Waals surface area contributed by atoms with Crippen molar-refractivity contribution in [1.29, 1.82) is 0 Å². The average Bonchev–Trinajstić information content (AvgIpc) is 2.60. The summed E-state index contributed by atoms with van der Waals surface area (Å²) in [4.78, 5) is 0. The molecule has 20 heteroatoms. The van der Waals surface area contributed by atoms with Crippen LogP contribution in [-0.4, -0.2) is 67.3 Å². The van der Waals surface area contributed by atoms with Gasteiger partial charge in [-0.05, 0) is 12.0 Å². The highest BCUT2D eigenvalue weighted by Crippen LogP contribution is 2.49. The van der Waals surface area contributed by atoms with Crippen molar-refractivity contribution in [1.82, 2.24) is 0 Å². The van der Waals surface area contributed by atoms with Gasteiger partial charge in [0.15, 0.2) is 0 Å². The number of hydrogen-bond donors (Lipinski definition) is 1. The average molecular weight is 556 g/mol. The lowest BCUT2D eigenvalue weighted by Gasteiger charge is -2.35. The first-order chi connectivity index (χ1) is 14.7. The van der Waals surface area contributed by atoms with E-state index in [0.717, 1.165) is 0 Å². The molecule has 0 fully saturated rings. The highest BCUT2D eigenvalue weighted by Gasteiger charge is 2.76. The topological polar surface area (TPSA) is 72.8 Å². The quantitative estimate of drug-likeness (QED) is 0.349. The maximum absolute atomic E-state index is 13.6. The standard InChI is InChI=1S/C14H10F14O5S/c15-9(11(17,18)19,12(20,21)22)32-5-7-1-3-8(4-2-7,34(29,30)31)6-33-10(16,13(23,24)25)14(26,27)28/h1-3H,4-6H2,(H,29,30,31). The molecule has 5 nitrogen and oxygen atoms in total. The van der Waals surface area contributed by atoms with Gasteiger partial charge in [-0.2, -0.15) is 69.9 Å². The highest BCUT2D eigenvalue weighted by atomic mass is 32.2. The summed E-state index contributed by atoms with van der Waals surface area (Å²) >= 11 is 0. The van der Waals surface area contributed by atoms with Crippen molar-refractivity contribution in [2.75, 3.05) is 13.2 Å². The number of alkyl halides is 14. The first-order valence-corrected chi connectivity index (χ1v) is 9.46. The van der Waals surface area contributed by atoms with Crippen LogP contribution in [0.5, 0.6) is 0 Å². The van der Waals surface area contributed by atoms with Crippen LogP contribution in [0.2, 0.25) is 0 Å². The van der Waals surface area contributed by atoms with E-state index in [-0.39, 0.29) is 18.2 Å². The molecule has 1 N–H and O–H groups in total. The maximum Gasteiger partial charge on any atom is 0.458 e. The summed E-state index contributed by atoms with van der Waals surface area (Å²) in [5.74, 6) is -12.6. The fourth-order valence-corrected chi connectivity index (χ4v) is 2.97. The number of rotatable bonds is 7. The van der Waals surface area contributed by atoms with Gasteiger partial charge in [-0.15, -0.1) is 0 Å². The summed E-state index contributed by atoms with van der Waals surface area (Å²) in [5.41, 5.74) is -0.882. The van der Waals surface area contributed by atoms with Gasteiger partial charge in [0.05, 0.1) is 13.2 Å². The van der Waals surface area contributed by atoms with E-state index in [9.17, 15) is 74.4 Å². The van der Waals surface area contributed by atoms with Crippen molar-refractivity contribution in [3.63, 3.8) is 0 Å². The molecule has 0 bridgehead atoms. The van der Waals surface area contributed by atoms with E-state index in [1.54, 1.807) is 0 Å². The molecule has 0 amide bonds. The van der Waals surface area contributed by atoms with Crippen molar-refractivity contribution in [2.45, 2.75) is 47.6 Å². The molecule has 1 aliphatic carbocycles. The molecule has 1 unspecified atom stereocenters. The Morgan fingerprint density at radius 1 is 0.765 bits per heavy atom. The second-order valence-electron chi connectivity index (χ2n) is 6.62. The summed E-state index contributed by atoms with van der Waals surface area (Å²) in [7, 11) is -5.75. The van der Waals surface area contributed by atoms with E-state index >= 15 is 0 Å². The summed E-state index contributed by atoms with van der Waals surface area (Å²) in [6.07, 6.45) is -27.9. The van der Waals surface area contributed by atoms with Crippen molar-refractivity contribution in [3.8, 4) is 0 Å². The molecule has 200 valence electrons. The maximum atomic E-state index is 13.6. The smallest absolute Gasteiger partial charge is 0.330 e. The second-order valence-corrected chi connectivity index (χ2v) is 8.38. The van der Waals surface area contributed by atoms with E-state index in [0.29, 0.717) is 0 Å². The molecule has 1 rings (SSSR count). The Labute approximate surface area is 179 Å². The molecule has 34 heavy (non-hydrogen) atoms. The number of halogens is 14. The van der Waals surface area contributed by atoms with Crippen molar-refractivity contribution in [3.05, 3.63) is 23.8 Å². The van der Waals surface area contributed by atoms with Crippen molar-refractivity contribution >= 4 is 10.1 Å². The molecular formula is C14H10F14O5S. The Bertz CT molecular complexity index is 883. The largest absolute Gasteiger partial charge is 0.458 e. The first kappa shape index (κ1) is 30.4. The normalized spacial score (nSPS) is 21.6. The fraction of sp³-hybridized carbons (Fsp3) is 0.714. The fourth-order valence-electron chi connectivity index (χ4n) is 2.23. The van der Waals surface area contributed by atoms with Crippen LogP contribution < -0.4 is 0 Å². The van der Waals surface area contributed by atoms with Crippen LogP contribution in [0.15, 0.2) is 23.8 Å². The van der Waals surface area contributed by atoms with Gasteiger partial charge in [0.25, 0.3) is 10.1 Å². The number of allylic oxidation sites excluding steroid dienone is 1. The van der Waals surface area contributed by atoms with Gasteiger partial charge in [-0.1, -0.05) is 18.2 Å². The van der Waals surface area contributed by atoms with Crippen LogP contribution in [0.3, 0.4) is 0 Å². The molecule has 0 radical (unpaired) electrons. The van der Waals surface area contributed by atoms with Crippen molar-refractivity contribution < 1.29 is 83.9 Å². The van der Waals surface area contributed by atoms with Crippen LogP contribution in [0.25, 0.3) is 0 Å². The predicted molar refractivity (Wildman–Crippen MR) is 79.9 cm³/mol. The summed E-state index contributed by atoms with van der Waals surface area (Å²) < 4.78 is 212. The Morgan fingerprint density at radius 2 is 1.15 bits per heavy atom. The molecule has 0 aromatic heterocycles. The zero-order chi connectivity index (χ0) is 27.2. The van der Waals surface area contributed by atoms with Gasteiger partial charge < -0.3 is 9.47 Å². The Morgan fingerprint density at radius 3 is 1.44 bits per heavy atom. The highest BCUT2D eigenvalue weighted by molar-refractivity contribution is 7.87. The third-order valence-corrected chi connectivity index (χ3v) is 5.68. The molecular weight excluding hydrogens is 546 g/mol. The van der Waals surface area contributed by atoms with Gasteiger partial charge in [-0.25, -0.2) is 0 Å². The summed E-state index contributed by atoms with van der Waals surface area (Å²) in [6, 6.07) is 0. The monoisotopic (exact) mass is 556 g/mol. The minimum absolute atomic E-state index is 0.00468. The minimum atomic E-state index is -6.79. The molecule has 0 aromatic rings. The molecule has 0 saturated carbocycles. The van der Waals surface area contributed by atoms with Gasteiger partial charge in [0.2, 0.25) is 0 Å². The van der Waals surface area contributed by atoms with Gasteiger partial charge in [0.1, 0.15) is 4.75 Å². The van der Waals surface area contributed by atoms with E-state index in [1.807, 2.05) is 0 Å². The van der Waals surface area contributed by atoms with Crippen LogP contribution in [-0.2, 0) is 19.6 Å². The predicted octanol–water partition coefficient (Wildman–Crippen LogP) is 5.11. The first-order valence-electron chi connectivity index (χ1n) is 8.02. The van der Waals surface area contributed by atoms with E-state index in [1.165, 1.54) is 0 Å². The molecule has 1 atom stereocenters. The van der Waals surface area contributed by atoms with Gasteiger partial charge >= 0.3 is 36.4 Å². The van der Waals surface area contributed by atoms with Crippen LogP contribution in [0.1, 0.15) is 6.42 Å². The Balaban J connectivity index is 3.19. The molecule has 0 spiro atoms. The molecule has 1 aliphatic rings. The third kappa shape index (κ3) is 5.59. The van der Waals surface area contributed by atoms with Crippen LogP contribution >= 0.6 is 0 Å². The molecule has 0 heterocycles. The zero-order valence-electron chi connectivity index (χ0n) is 15.6. The second kappa shape index (κ2) is 8.77. The van der Waals surface area contributed by atoms with Crippen molar-refractivity contribution in [2.24, 2.45) is 0 Å². The van der Waals surface area contributed by atoms with E-state index in [4.69, 9.17) is 0 Å². The zero-order valence-corrected chi connectivity index (χ0v) is 16.4. The van der Waals surface area contributed by atoms with Gasteiger partial charge in [0, 0.05) is 0 Å². The summed E-state index contributed by atoms with van der Waals surface area (Å²) in [6.45, 7) is -4.26. The molecule has 0 aromatic carbocycles. The summed E-state index contributed by atoms with van der Waals surface area (Å²) in [5, 5.41) is 0. The number of ether oxygens (including phenoxy) is 2. The molecule has 0 saturated heterocycles. The third-order valence-electron chi connectivity index (χ3n) is 4.24. The molecule has 0 aliphatic heterocycles. The minimum Gasteiger partial charge on any atom is -0.330 e. The Hall–Kier alpha value is -1.67. The van der Waals surface area contributed by atoms with E-state index < -0.39 is 76.5 Å². The lowest BCUT2D eigenvalue weighted by Crippen LogP contribution is -2.57.